The van der Waals surface area contributed by atoms with Crippen molar-refractivity contribution in [2.75, 3.05) is 25.7 Å². The number of methoxy groups -OCH3 is 1. The number of ether oxygens (including phenoxy) is 2. The lowest BCUT2D eigenvalue weighted by Gasteiger charge is -2.20. The van der Waals surface area contributed by atoms with Gasteiger partial charge < -0.3 is 14.4 Å². The van der Waals surface area contributed by atoms with Crippen LogP contribution in [-0.4, -0.2) is 32.6 Å². The van der Waals surface area contributed by atoms with Crippen LogP contribution in [0.3, 0.4) is 0 Å². The van der Waals surface area contributed by atoms with Crippen LogP contribution in [0.1, 0.15) is 10.4 Å². The third kappa shape index (κ3) is 4.44. The zero-order valence-electron chi connectivity index (χ0n) is 12.8. The molecule has 120 valence electrons. The van der Waals surface area contributed by atoms with Crippen LogP contribution in [0, 0.1) is 3.57 Å². The number of likely N-dealkylation sites (N-methyl/N-ethyl adjacent to an activating group) is 1. The molecule has 0 N–H and O–H groups in total. The van der Waals surface area contributed by atoms with Crippen LogP contribution in [0.25, 0.3) is 0 Å². The van der Waals surface area contributed by atoms with Crippen molar-refractivity contribution in [3.8, 4) is 5.75 Å². The highest BCUT2D eigenvalue weighted by molar-refractivity contribution is 14.1. The number of rotatable bonds is 5. The largest absolute Gasteiger partial charge is 0.484 e. The molecule has 0 radical (unpaired) electrons. The van der Waals surface area contributed by atoms with E-state index in [-0.39, 0.29) is 12.5 Å². The van der Waals surface area contributed by atoms with Crippen molar-refractivity contribution in [3.63, 3.8) is 0 Å². The molecule has 23 heavy (non-hydrogen) atoms. The van der Waals surface area contributed by atoms with E-state index in [2.05, 4.69) is 22.6 Å². The maximum atomic E-state index is 12.3. The van der Waals surface area contributed by atoms with Gasteiger partial charge in [0.15, 0.2) is 6.61 Å². The summed E-state index contributed by atoms with van der Waals surface area (Å²) < 4.78 is 11.3. The van der Waals surface area contributed by atoms with E-state index in [1.165, 1.54) is 12.0 Å². The Kier molecular flexibility index (Phi) is 5.97. The Bertz CT molecular complexity index is 700. The first-order valence-electron chi connectivity index (χ1n) is 6.85. The van der Waals surface area contributed by atoms with Gasteiger partial charge in [-0.15, -0.1) is 0 Å². The second-order valence-electron chi connectivity index (χ2n) is 4.70. The monoisotopic (exact) mass is 425 g/mol. The van der Waals surface area contributed by atoms with Crippen molar-refractivity contribution in [3.05, 3.63) is 57.7 Å². The van der Waals surface area contributed by atoms with Gasteiger partial charge in [-0.2, -0.15) is 0 Å². The molecule has 0 fully saturated rings. The van der Waals surface area contributed by atoms with E-state index in [0.717, 1.165) is 3.57 Å². The Morgan fingerprint density at radius 1 is 1.09 bits per heavy atom. The summed E-state index contributed by atoms with van der Waals surface area (Å²) in [5.41, 5.74) is 0.815. The molecule has 5 nitrogen and oxygen atoms in total. The lowest BCUT2D eigenvalue weighted by molar-refractivity contribution is -0.120. The van der Waals surface area contributed by atoms with E-state index in [1.54, 1.807) is 43.4 Å². The summed E-state index contributed by atoms with van der Waals surface area (Å²) in [7, 11) is 2.90. The van der Waals surface area contributed by atoms with E-state index >= 15 is 0 Å². The zero-order valence-corrected chi connectivity index (χ0v) is 14.9. The Morgan fingerprint density at radius 3 is 2.39 bits per heavy atom. The van der Waals surface area contributed by atoms with Crippen molar-refractivity contribution < 1.29 is 19.1 Å². The quantitative estimate of drug-likeness (QED) is 0.546. The van der Waals surface area contributed by atoms with Gasteiger partial charge in [-0.05, 0) is 59.0 Å². The lowest BCUT2D eigenvalue weighted by atomic mass is 10.1. The third-order valence-corrected chi connectivity index (χ3v) is 3.94. The number of carbonyl (C=O) groups is 2. The molecule has 0 atom stereocenters. The van der Waals surface area contributed by atoms with Crippen LogP contribution in [-0.2, 0) is 9.53 Å². The number of amides is 1. The van der Waals surface area contributed by atoms with Gasteiger partial charge in [0.05, 0.1) is 18.4 Å². The smallest absolute Gasteiger partial charge is 0.339 e. The zero-order chi connectivity index (χ0) is 16.8. The maximum absolute atomic E-state index is 12.3. The molecule has 2 aromatic rings. The molecular formula is C17H16INO4. The predicted octanol–water partition coefficient (Wildman–Crippen LogP) is 3.12. The number of hydrogen-bond donors (Lipinski definition) is 0. The Morgan fingerprint density at radius 2 is 1.74 bits per heavy atom. The molecule has 0 spiro atoms. The van der Waals surface area contributed by atoms with E-state index in [0.29, 0.717) is 17.0 Å². The summed E-state index contributed by atoms with van der Waals surface area (Å²) in [5, 5.41) is 0. The fraction of sp³-hybridized carbons (Fsp3) is 0.176. The maximum Gasteiger partial charge on any atom is 0.339 e. The van der Waals surface area contributed by atoms with Crippen molar-refractivity contribution in [1.29, 1.82) is 0 Å². The molecule has 2 rings (SSSR count). The SMILES string of the molecule is COC(=O)c1ccccc1N(C)C(=O)COc1ccc(I)cc1. The summed E-state index contributed by atoms with van der Waals surface area (Å²) in [4.78, 5) is 25.5. The minimum Gasteiger partial charge on any atom is -0.484 e. The molecule has 0 aliphatic carbocycles. The molecule has 0 unspecified atom stereocenters. The van der Waals surface area contributed by atoms with Gasteiger partial charge >= 0.3 is 5.97 Å². The predicted molar refractivity (Wildman–Crippen MR) is 95.8 cm³/mol. The number of halogens is 1. The minimum atomic E-state index is -0.487. The molecule has 1 amide bonds. The van der Waals surface area contributed by atoms with E-state index in [9.17, 15) is 9.59 Å². The molecule has 2 aromatic carbocycles. The molecule has 6 heteroatoms. The molecule has 0 aromatic heterocycles. The highest BCUT2D eigenvalue weighted by Crippen LogP contribution is 2.20. The van der Waals surface area contributed by atoms with E-state index < -0.39 is 5.97 Å². The van der Waals surface area contributed by atoms with Crippen LogP contribution < -0.4 is 9.64 Å². The second kappa shape index (κ2) is 7.96. The fourth-order valence-electron chi connectivity index (χ4n) is 1.96. The molecule has 0 heterocycles. The van der Waals surface area contributed by atoms with Gasteiger partial charge in [0.25, 0.3) is 5.91 Å². The van der Waals surface area contributed by atoms with Gasteiger partial charge in [0, 0.05) is 10.6 Å². The third-order valence-electron chi connectivity index (χ3n) is 3.22. The minimum absolute atomic E-state index is 0.118. The van der Waals surface area contributed by atoms with Gasteiger partial charge in [-0.3, -0.25) is 4.79 Å². The van der Waals surface area contributed by atoms with E-state index in [1.807, 2.05) is 12.1 Å². The first-order chi connectivity index (χ1) is 11.0. The van der Waals surface area contributed by atoms with Crippen molar-refractivity contribution in [2.45, 2.75) is 0 Å². The number of benzene rings is 2. The van der Waals surface area contributed by atoms with Crippen molar-refractivity contribution in [2.24, 2.45) is 0 Å². The van der Waals surface area contributed by atoms with Crippen LogP contribution in [0.5, 0.6) is 5.75 Å². The average Bonchev–Trinajstić information content (AvgIpc) is 2.59. The molecule has 0 saturated heterocycles. The highest BCUT2D eigenvalue weighted by atomic mass is 127. The Hall–Kier alpha value is -2.09. The topological polar surface area (TPSA) is 55.8 Å². The van der Waals surface area contributed by atoms with Crippen molar-refractivity contribution >= 4 is 40.2 Å². The number of hydrogen-bond acceptors (Lipinski definition) is 4. The number of anilines is 1. The second-order valence-corrected chi connectivity index (χ2v) is 5.95. The normalized spacial score (nSPS) is 10.0. The van der Waals surface area contributed by atoms with Gasteiger partial charge in [-0.1, -0.05) is 12.1 Å². The van der Waals surface area contributed by atoms with E-state index in [4.69, 9.17) is 9.47 Å². The average molecular weight is 425 g/mol. The number of nitrogens with zero attached hydrogens (tertiary/aromatic N) is 1. The number of esters is 1. The van der Waals surface area contributed by atoms with Crippen LogP contribution in [0.15, 0.2) is 48.5 Å². The summed E-state index contributed by atoms with van der Waals surface area (Å²) in [6.45, 7) is -0.118. The van der Waals surface area contributed by atoms with Gasteiger partial charge in [0.1, 0.15) is 5.75 Å². The van der Waals surface area contributed by atoms with Crippen LogP contribution in [0.2, 0.25) is 0 Å². The first kappa shape index (κ1) is 17.3. The summed E-state index contributed by atoms with van der Waals surface area (Å²) in [6, 6.07) is 14.2. The standard InChI is InChI=1S/C17H16INO4/c1-19(15-6-4-3-5-14(15)17(21)22-2)16(20)11-23-13-9-7-12(18)8-10-13/h3-10H,11H2,1-2H3. The number of carbonyl (C=O) groups excluding carboxylic acids is 2. The summed E-state index contributed by atoms with van der Waals surface area (Å²) in [6.07, 6.45) is 0. The van der Waals surface area contributed by atoms with Crippen molar-refractivity contribution in [1.82, 2.24) is 0 Å². The number of para-hydroxylation sites is 1. The molecule has 0 saturated carbocycles. The summed E-state index contributed by atoms with van der Waals surface area (Å²) >= 11 is 2.20. The Labute approximate surface area is 148 Å². The molecule has 0 aliphatic rings. The lowest BCUT2D eigenvalue weighted by Crippen LogP contribution is -2.32. The fourth-order valence-corrected chi connectivity index (χ4v) is 2.32. The van der Waals surface area contributed by atoms with Crippen LogP contribution >= 0.6 is 22.6 Å². The molecule has 0 bridgehead atoms. The van der Waals surface area contributed by atoms with Gasteiger partial charge in [-0.25, -0.2) is 4.79 Å². The highest BCUT2D eigenvalue weighted by Gasteiger charge is 2.19. The Balaban J connectivity index is 2.08. The first-order valence-corrected chi connectivity index (χ1v) is 7.93. The summed E-state index contributed by atoms with van der Waals surface area (Å²) in [5.74, 6) is -0.132. The van der Waals surface area contributed by atoms with Crippen LogP contribution in [0.4, 0.5) is 5.69 Å². The molecule has 0 aliphatic heterocycles. The molecular weight excluding hydrogens is 409 g/mol. The van der Waals surface area contributed by atoms with Gasteiger partial charge in [0.2, 0.25) is 0 Å².